The summed E-state index contributed by atoms with van der Waals surface area (Å²) in [6.45, 7) is 20.5. The molecule has 0 amide bonds. The monoisotopic (exact) mass is 374 g/mol. The highest BCUT2D eigenvalue weighted by Crippen LogP contribution is 2.28. The lowest BCUT2D eigenvalue weighted by molar-refractivity contribution is 0.381. The van der Waals surface area contributed by atoms with Gasteiger partial charge in [0.05, 0.1) is 0 Å². The number of allylic oxidation sites excluding steroid dienone is 2. The Morgan fingerprint density at radius 3 is 1.68 bits per heavy atom. The van der Waals surface area contributed by atoms with E-state index in [0.29, 0.717) is 0 Å². The van der Waals surface area contributed by atoms with Gasteiger partial charge in [-0.3, -0.25) is 0 Å². The molecule has 22 heavy (non-hydrogen) atoms. The summed E-state index contributed by atoms with van der Waals surface area (Å²) in [7, 11) is -6.17. The van der Waals surface area contributed by atoms with E-state index in [4.69, 9.17) is 8.23 Å². The van der Waals surface area contributed by atoms with Crippen LogP contribution in [0, 0.1) is 0 Å². The predicted molar refractivity (Wildman–Crippen MR) is 111 cm³/mol. The van der Waals surface area contributed by atoms with E-state index in [9.17, 15) is 0 Å². The Hall–Kier alpha value is 0.268. The van der Waals surface area contributed by atoms with E-state index in [1.54, 1.807) is 0 Å². The first-order chi connectivity index (χ1) is 10.0. The van der Waals surface area contributed by atoms with E-state index in [1.165, 1.54) is 6.04 Å². The molecule has 0 aromatic rings. The minimum atomic E-state index is -2.10. The normalized spacial score (nSPS) is 14.6. The first-order valence-electron chi connectivity index (χ1n) is 8.73. The van der Waals surface area contributed by atoms with Gasteiger partial charge in [-0.15, -0.1) is 0 Å². The summed E-state index contributed by atoms with van der Waals surface area (Å²) in [4.78, 5) is 0. The average molecular weight is 375 g/mol. The third-order valence-electron chi connectivity index (χ3n) is 3.67. The Morgan fingerprint density at radius 1 is 0.864 bits per heavy atom. The molecule has 6 heteroatoms. The molecule has 2 nitrogen and oxygen atoms in total. The highest BCUT2D eigenvalue weighted by atomic mass is 28.5. The molecule has 0 saturated heterocycles. The van der Waals surface area contributed by atoms with Gasteiger partial charge in [-0.2, -0.15) is 0 Å². The smallest absolute Gasteiger partial charge is 0.317 e. The van der Waals surface area contributed by atoms with Gasteiger partial charge in [-0.1, -0.05) is 50.5 Å². The SMILES string of the molecule is CC=C[Si](C)(C)O[Si](CC)(CC)O[Si](C)(C)C=CC[SiH](C)C. The zero-order valence-electron chi connectivity index (χ0n) is 16.3. The summed E-state index contributed by atoms with van der Waals surface area (Å²) in [5.74, 6) is 0. The second-order valence-electron chi connectivity index (χ2n) is 7.56. The molecule has 0 fully saturated rings. The first-order valence-corrected chi connectivity index (χ1v) is 20.1. The molecule has 0 aliphatic rings. The first kappa shape index (κ1) is 22.3. The van der Waals surface area contributed by atoms with Crippen LogP contribution in [0.2, 0.25) is 57.4 Å². The summed E-state index contributed by atoms with van der Waals surface area (Å²) < 4.78 is 13.5. The average Bonchev–Trinajstić information content (AvgIpc) is 2.36. The third-order valence-corrected chi connectivity index (χ3v) is 16.4. The van der Waals surface area contributed by atoms with Crippen LogP contribution in [0.15, 0.2) is 23.6 Å². The maximum absolute atomic E-state index is 6.77. The second-order valence-corrected chi connectivity index (χ2v) is 22.8. The summed E-state index contributed by atoms with van der Waals surface area (Å²) in [6.07, 6.45) is 4.51. The van der Waals surface area contributed by atoms with Crippen LogP contribution in [0.25, 0.3) is 0 Å². The highest BCUT2D eigenvalue weighted by Gasteiger charge is 2.42. The molecule has 0 saturated carbocycles. The van der Waals surface area contributed by atoms with Crippen LogP contribution in [0.5, 0.6) is 0 Å². The van der Waals surface area contributed by atoms with Gasteiger partial charge in [0.1, 0.15) is 0 Å². The van der Waals surface area contributed by atoms with Crippen molar-refractivity contribution in [2.75, 3.05) is 0 Å². The van der Waals surface area contributed by atoms with Crippen molar-refractivity contribution >= 4 is 34.0 Å². The van der Waals surface area contributed by atoms with E-state index in [1.807, 2.05) is 0 Å². The Kier molecular flexibility index (Phi) is 9.65. The summed E-state index contributed by atoms with van der Waals surface area (Å²) >= 11 is 0. The lowest BCUT2D eigenvalue weighted by Crippen LogP contribution is -2.54. The van der Waals surface area contributed by atoms with E-state index in [-0.39, 0.29) is 0 Å². The maximum Gasteiger partial charge on any atom is 0.317 e. The van der Waals surface area contributed by atoms with Crippen molar-refractivity contribution in [3.05, 3.63) is 23.6 Å². The Bertz CT molecular complexity index is 372. The quantitative estimate of drug-likeness (QED) is 0.463. The molecule has 0 bridgehead atoms. The summed E-state index contributed by atoms with van der Waals surface area (Å²) in [5, 5.41) is 0. The lowest BCUT2D eigenvalue weighted by atomic mass is 10.8. The van der Waals surface area contributed by atoms with Crippen molar-refractivity contribution < 1.29 is 8.23 Å². The molecule has 130 valence electrons. The standard InChI is InChI=1S/C16H38O2Si4/c1-10-15-20(6,7)17-22(11-2,12-3)18-21(8,9)16-13-14-19(4)5/h10,13,15-16,19H,11-12,14H2,1-9H3. The second kappa shape index (κ2) is 9.54. The number of hydrogen-bond acceptors (Lipinski definition) is 2. The van der Waals surface area contributed by atoms with Crippen LogP contribution >= 0.6 is 0 Å². The fourth-order valence-electron chi connectivity index (χ4n) is 2.61. The van der Waals surface area contributed by atoms with Crippen LogP contribution in [0.4, 0.5) is 0 Å². The third kappa shape index (κ3) is 8.78. The predicted octanol–water partition coefficient (Wildman–Crippen LogP) is 5.61. The highest BCUT2D eigenvalue weighted by molar-refractivity contribution is 6.91. The van der Waals surface area contributed by atoms with Gasteiger partial charge in [0.2, 0.25) is 0 Å². The summed E-state index contributed by atoms with van der Waals surface area (Å²) in [6, 6.07) is 3.35. The van der Waals surface area contributed by atoms with E-state index in [2.05, 4.69) is 83.6 Å². The van der Waals surface area contributed by atoms with Crippen LogP contribution in [-0.4, -0.2) is 34.0 Å². The molecule has 0 unspecified atom stereocenters. The molecule has 0 heterocycles. The van der Waals surface area contributed by atoms with Gasteiger partial charge in [0.25, 0.3) is 0 Å². The minimum absolute atomic E-state index is 0.514. The fraction of sp³-hybridized carbons (Fsp3) is 0.750. The molecule has 0 aliphatic heterocycles. The molecule has 0 N–H and O–H groups in total. The molecular formula is C16H38O2Si4. The van der Waals surface area contributed by atoms with Crippen LogP contribution in [0.1, 0.15) is 20.8 Å². The van der Waals surface area contributed by atoms with E-state index >= 15 is 0 Å². The Labute approximate surface area is 144 Å². The molecule has 0 atom stereocenters. The Morgan fingerprint density at radius 2 is 1.32 bits per heavy atom. The topological polar surface area (TPSA) is 18.5 Å². The fourth-order valence-corrected chi connectivity index (χ4v) is 16.6. The van der Waals surface area contributed by atoms with Crippen molar-refractivity contribution in [3.63, 3.8) is 0 Å². The van der Waals surface area contributed by atoms with Crippen molar-refractivity contribution in [1.82, 2.24) is 0 Å². The number of rotatable bonds is 10. The van der Waals surface area contributed by atoms with Crippen molar-refractivity contribution in [2.24, 2.45) is 0 Å². The number of hydrogen-bond donors (Lipinski definition) is 0. The van der Waals surface area contributed by atoms with Gasteiger partial charge in [0.15, 0.2) is 16.6 Å². The molecule has 0 aliphatic carbocycles. The molecule has 0 radical (unpaired) electrons. The summed E-state index contributed by atoms with van der Waals surface area (Å²) in [5.41, 5.74) is 4.67. The lowest BCUT2D eigenvalue weighted by Gasteiger charge is -2.40. The zero-order chi connectivity index (χ0) is 17.4. The molecule has 0 aromatic carbocycles. The molecule has 0 aromatic heterocycles. The molecule has 0 spiro atoms. The van der Waals surface area contributed by atoms with Gasteiger partial charge in [-0.05, 0) is 51.2 Å². The van der Waals surface area contributed by atoms with Crippen molar-refractivity contribution in [1.29, 1.82) is 0 Å². The van der Waals surface area contributed by atoms with E-state index < -0.39 is 34.0 Å². The molecule has 0 rings (SSSR count). The maximum atomic E-state index is 6.77. The zero-order valence-corrected chi connectivity index (χ0v) is 20.5. The van der Waals surface area contributed by atoms with Gasteiger partial charge in [0, 0.05) is 8.80 Å². The van der Waals surface area contributed by atoms with Gasteiger partial charge >= 0.3 is 8.56 Å². The largest absolute Gasteiger partial charge is 0.433 e. The molecular weight excluding hydrogens is 337 g/mol. The van der Waals surface area contributed by atoms with Crippen molar-refractivity contribution in [3.8, 4) is 0 Å². The minimum Gasteiger partial charge on any atom is -0.433 e. The Balaban J connectivity index is 5.12. The van der Waals surface area contributed by atoms with Crippen LogP contribution in [0.3, 0.4) is 0 Å². The van der Waals surface area contributed by atoms with Crippen LogP contribution in [-0.2, 0) is 8.23 Å². The van der Waals surface area contributed by atoms with Crippen LogP contribution < -0.4 is 0 Å². The van der Waals surface area contributed by atoms with E-state index in [0.717, 1.165) is 12.1 Å². The van der Waals surface area contributed by atoms with Crippen molar-refractivity contribution in [2.45, 2.75) is 78.2 Å². The van der Waals surface area contributed by atoms with Gasteiger partial charge < -0.3 is 8.23 Å². The van der Waals surface area contributed by atoms with Gasteiger partial charge in [-0.25, -0.2) is 0 Å².